The van der Waals surface area contributed by atoms with E-state index < -0.39 is 5.41 Å². The van der Waals surface area contributed by atoms with Crippen LogP contribution in [-0.4, -0.2) is 19.6 Å². The largest absolute Gasteiger partial charge is 0.490 e. The Morgan fingerprint density at radius 1 is 1.44 bits per heavy atom. The summed E-state index contributed by atoms with van der Waals surface area (Å²) in [6.07, 6.45) is 0. The Hall–Kier alpha value is -1.71. The molecule has 16 heavy (non-hydrogen) atoms. The van der Waals surface area contributed by atoms with Gasteiger partial charge in [0.1, 0.15) is 12.4 Å². The molecule has 2 rings (SSSR count). The highest BCUT2D eigenvalue weighted by atomic mass is 16.5. The van der Waals surface area contributed by atoms with Crippen molar-refractivity contribution in [3.8, 4) is 5.75 Å². The van der Waals surface area contributed by atoms with Gasteiger partial charge in [-0.25, -0.2) is 0 Å². The van der Waals surface area contributed by atoms with Gasteiger partial charge in [0.25, 0.3) is 0 Å². The van der Waals surface area contributed by atoms with Gasteiger partial charge in [-0.05, 0) is 32.0 Å². The molecule has 4 heteroatoms. The van der Waals surface area contributed by atoms with Crippen LogP contribution in [0.15, 0.2) is 18.2 Å². The van der Waals surface area contributed by atoms with Crippen molar-refractivity contribution in [1.29, 1.82) is 0 Å². The van der Waals surface area contributed by atoms with E-state index in [0.29, 0.717) is 18.0 Å². The van der Waals surface area contributed by atoms with Crippen molar-refractivity contribution in [3.63, 3.8) is 0 Å². The van der Waals surface area contributed by atoms with Gasteiger partial charge < -0.3 is 15.4 Å². The van der Waals surface area contributed by atoms with Crippen LogP contribution in [0.3, 0.4) is 0 Å². The van der Waals surface area contributed by atoms with Gasteiger partial charge in [-0.15, -0.1) is 0 Å². The zero-order valence-electron chi connectivity index (χ0n) is 9.78. The first-order valence-corrected chi connectivity index (χ1v) is 5.22. The molecule has 0 bridgehead atoms. The Morgan fingerprint density at radius 2 is 2.12 bits per heavy atom. The number of ether oxygens (including phenoxy) is 1. The number of amides is 1. The summed E-state index contributed by atoms with van der Waals surface area (Å²) >= 11 is 0. The van der Waals surface area contributed by atoms with Crippen LogP contribution in [0.5, 0.6) is 5.75 Å². The van der Waals surface area contributed by atoms with Crippen LogP contribution in [-0.2, 0) is 4.79 Å². The number of nitrogens with two attached hydrogens (primary N) is 1. The third-order valence-corrected chi connectivity index (χ3v) is 2.82. The fourth-order valence-corrected chi connectivity index (χ4v) is 1.80. The number of benzene rings is 1. The van der Waals surface area contributed by atoms with Gasteiger partial charge in [-0.3, -0.25) is 4.79 Å². The SMILES string of the molecule is CN1C(=O)C(C)(C)COc2ccc(N)cc21. The summed E-state index contributed by atoms with van der Waals surface area (Å²) in [5.74, 6) is 0.743. The summed E-state index contributed by atoms with van der Waals surface area (Å²) in [5, 5.41) is 0. The molecule has 4 nitrogen and oxygen atoms in total. The molecular formula is C12H16N2O2. The first-order valence-electron chi connectivity index (χ1n) is 5.22. The average molecular weight is 220 g/mol. The smallest absolute Gasteiger partial charge is 0.235 e. The number of fused-ring (bicyclic) bond motifs is 1. The summed E-state index contributed by atoms with van der Waals surface area (Å²) in [7, 11) is 1.75. The van der Waals surface area contributed by atoms with E-state index in [1.165, 1.54) is 0 Å². The van der Waals surface area contributed by atoms with E-state index in [0.717, 1.165) is 5.69 Å². The maximum atomic E-state index is 12.1. The minimum Gasteiger partial charge on any atom is -0.490 e. The molecule has 86 valence electrons. The van der Waals surface area contributed by atoms with E-state index in [-0.39, 0.29) is 5.91 Å². The van der Waals surface area contributed by atoms with E-state index >= 15 is 0 Å². The van der Waals surface area contributed by atoms with Gasteiger partial charge in [-0.1, -0.05) is 0 Å². The molecule has 1 aromatic rings. The minimum absolute atomic E-state index is 0.0388. The van der Waals surface area contributed by atoms with Crippen molar-refractivity contribution in [2.24, 2.45) is 5.41 Å². The lowest BCUT2D eigenvalue weighted by atomic mass is 9.93. The number of nitrogen functional groups attached to an aromatic ring is 1. The number of carbonyl (C=O) groups is 1. The molecule has 0 spiro atoms. The quantitative estimate of drug-likeness (QED) is 0.676. The Labute approximate surface area is 95.0 Å². The van der Waals surface area contributed by atoms with Crippen LogP contribution in [0.2, 0.25) is 0 Å². The number of nitrogens with zero attached hydrogens (tertiary/aromatic N) is 1. The molecular weight excluding hydrogens is 204 g/mol. The lowest BCUT2D eigenvalue weighted by Crippen LogP contribution is -2.39. The number of rotatable bonds is 0. The molecule has 0 unspecified atom stereocenters. The summed E-state index contributed by atoms with van der Waals surface area (Å²) in [6, 6.07) is 5.33. The third kappa shape index (κ3) is 1.60. The minimum atomic E-state index is -0.511. The molecule has 0 radical (unpaired) electrons. The average Bonchev–Trinajstić information content (AvgIpc) is 2.31. The lowest BCUT2D eigenvalue weighted by molar-refractivity contribution is -0.127. The molecule has 1 aliphatic heterocycles. The van der Waals surface area contributed by atoms with Gasteiger partial charge in [0.2, 0.25) is 5.91 Å². The predicted molar refractivity (Wildman–Crippen MR) is 63.5 cm³/mol. The van der Waals surface area contributed by atoms with Gasteiger partial charge in [-0.2, -0.15) is 0 Å². The molecule has 0 aliphatic carbocycles. The Morgan fingerprint density at radius 3 is 2.81 bits per heavy atom. The number of carbonyl (C=O) groups excluding carboxylic acids is 1. The molecule has 0 saturated heterocycles. The molecule has 1 heterocycles. The molecule has 0 saturated carbocycles. The first kappa shape index (κ1) is 10.8. The molecule has 1 aliphatic rings. The monoisotopic (exact) mass is 220 g/mol. The predicted octanol–water partition coefficient (Wildman–Crippen LogP) is 1.65. The standard InChI is InChI=1S/C12H16N2O2/c1-12(2)7-16-10-5-4-8(13)6-9(10)14(3)11(12)15/h4-6H,7,13H2,1-3H3. The highest BCUT2D eigenvalue weighted by molar-refractivity contribution is 5.99. The summed E-state index contributed by atoms with van der Waals surface area (Å²) in [5.41, 5.74) is 6.56. The van der Waals surface area contributed by atoms with Gasteiger partial charge in [0.15, 0.2) is 0 Å². The maximum Gasteiger partial charge on any atom is 0.235 e. The molecule has 0 atom stereocenters. The van der Waals surface area contributed by atoms with E-state index in [4.69, 9.17) is 10.5 Å². The van der Waals surface area contributed by atoms with Gasteiger partial charge in [0, 0.05) is 12.7 Å². The van der Waals surface area contributed by atoms with Crippen molar-refractivity contribution in [1.82, 2.24) is 0 Å². The fraction of sp³-hybridized carbons (Fsp3) is 0.417. The second kappa shape index (κ2) is 3.40. The summed E-state index contributed by atoms with van der Waals surface area (Å²) in [6.45, 7) is 4.13. The van der Waals surface area contributed by atoms with Crippen LogP contribution in [0.25, 0.3) is 0 Å². The topological polar surface area (TPSA) is 55.6 Å². The molecule has 2 N–H and O–H groups in total. The van der Waals surface area contributed by atoms with Crippen LogP contribution in [0, 0.1) is 5.41 Å². The van der Waals surface area contributed by atoms with E-state index in [2.05, 4.69) is 0 Å². The summed E-state index contributed by atoms with van der Waals surface area (Å²) in [4.78, 5) is 13.8. The fourth-order valence-electron chi connectivity index (χ4n) is 1.80. The van der Waals surface area contributed by atoms with Crippen molar-refractivity contribution in [2.45, 2.75) is 13.8 Å². The zero-order chi connectivity index (χ0) is 11.9. The molecule has 1 amide bonds. The van der Waals surface area contributed by atoms with Gasteiger partial charge >= 0.3 is 0 Å². The number of hydrogen-bond acceptors (Lipinski definition) is 3. The van der Waals surface area contributed by atoms with Crippen molar-refractivity contribution in [2.75, 3.05) is 24.3 Å². The Kier molecular flexibility index (Phi) is 2.30. The van der Waals surface area contributed by atoms with Crippen molar-refractivity contribution in [3.05, 3.63) is 18.2 Å². The van der Waals surface area contributed by atoms with Gasteiger partial charge in [0.05, 0.1) is 11.1 Å². The van der Waals surface area contributed by atoms with E-state index in [9.17, 15) is 4.79 Å². The maximum absolute atomic E-state index is 12.1. The van der Waals surface area contributed by atoms with Crippen molar-refractivity contribution < 1.29 is 9.53 Å². The van der Waals surface area contributed by atoms with Crippen LogP contribution in [0.1, 0.15) is 13.8 Å². The van der Waals surface area contributed by atoms with E-state index in [1.54, 1.807) is 30.1 Å². The Balaban J connectivity index is 2.51. The summed E-state index contributed by atoms with van der Waals surface area (Å²) < 4.78 is 5.64. The lowest BCUT2D eigenvalue weighted by Gasteiger charge is -2.24. The molecule has 1 aromatic carbocycles. The zero-order valence-corrected chi connectivity index (χ0v) is 9.78. The number of anilines is 2. The van der Waals surface area contributed by atoms with Crippen LogP contribution < -0.4 is 15.4 Å². The molecule has 0 fully saturated rings. The highest BCUT2D eigenvalue weighted by Gasteiger charge is 2.35. The third-order valence-electron chi connectivity index (χ3n) is 2.82. The first-order chi connectivity index (χ1) is 7.42. The Bertz CT molecular complexity index is 441. The molecule has 0 aromatic heterocycles. The van der Waals surface area contributed by atoms with Crippen molar-refractivity contribution >= 4 is 17.3 Å². The second-order valence-electron chi connectivity index (χ2n) is 4.76. The van der Waals surface area contributed by atoms with E-state index in [1.807, 2.05) is 13.8 Å². The van der Waals surface area contributed by atoms with Crippen LogP contribution >= 0.6 is 0 Å². The highest BCUT2D eigenvalue weighted by Crippen LogP contribution is 2.36. The number of hydrogen-bond donors (Lipinski definition) is 1. The second-order valence-corrected chi connectivity index (χ2v) is 4.76. The normalized spacial score (nSPS) is 18.7. The van der Waals surface area contributed by atoms with Crippen LogP contribution in [0.4, 0.5) is 11.4 Å².